The van der Waals surface area contributed by atoms with Crippen LogP contribution in [0.15, 0.2) is 65.7 Å². The molecule has 0 N–H and O–H groups in total. The lowest BCUT2D eigenvalue weighted by Gasteiger charge is -2.19. The molecule has 3 aromatic carbocycles. The molecular weight excluding hydrogens is 352 g/mol. The summed E-state index contributed by atoms with van der Waals surface area (Å²) in [5.74, 6) is 0.864. The molecule has 3 aromatic rings. The molecule has 0 aromatic heterocycles. The molecule has 1 aliphatic rings. The van der Waals surface area contributed by atoms with Gasteiger partial charge in [-0.3, -0.25) is 14.7 Å². The van der Waals surface area contributed by atoms with Crippen LogP contribution in [0.2, 0.25) is 0 Å². The Hall–Kier alpha value is -2.59. The molecule has 0 unspecified atom stereocenters. The fraction of sp³-hybridized carbons (Fsp3) is 0.217. The van der Waals surface area contributed by atoms with Gasteiger partial charge in [0.05, 0.1) is 6.54 Å². The first kappa shape index (κ1) is 17.8. The number of rotatable bonds is 3. The highest BCUT2D eigenvalue weighted by Gasteiger charge is 2.26. The molecule has 0 spiro atoms. The first-order valence-corrected chi connectivity index (χ1v) is 10.1. The smallest absolute Gasteiger partial charge is 0.260 e. The van der Waals surface area contributed by atoms with Gasteiger partial charge >= 0.3 is 0 Å². The Morgan fingerprint density at radius 1 is 1.07 bits per heavy atom. The number of fused-ring (bicyclic) bond motifs is 1. The van der Waals surface area contributed by atoms with Crippen LogP contribution in [-0.4, -0.2) is 29.1 Å². The quantitative estimate of drug-likeness (QED) is 0.631. The lowest BCUT2D eigenvalue weighted by molar-refractivity contribution is 0.0862. The van der Waals surface area contributed by atoms with Crippen LogP contribution in [0.1, 0.15) is 27.0 Å². The molecular formula is C23H22N2OS. The summed E-state index contributed by atoms with van der Waals surface area (Å²) in [7, 11) is 0. The molecule has 1 amide bonds. The van der Waals surface area contributed by atoms with Crippen molar-refractivity contribution in [3.05, 3.63) is 82.9 Å². The van der Waals surface area contributed by atoms with Crippen molar-refractivity contribution in [1.29, 1.82) is 0 Å². The Kier molecular flexibility index (Phi) is 4.99. The third-order valence-electron chi connectivity index (χ3n) is 4.93. The van der Waals surface area contributed by atoms with E-state index in [1.165, 1.54) is 16.7 Å². The number of aryl methyl sites for hydroxylation is 2. The SMILES string of the molecule is Cc1ccc(C)c(CSC2=NCCN2C(=O)c2cccc3ccccc23)c1. The number of aliphatic imine (C=N–C) groups is 1. The normalized spacial score (nSPS) is 13.9. The van der Waals surface area contributed by atoms with E-state index in [1.807, 2.05) is 47.4 Å². The van der Waals surface area contributed by atoms with Gasteiger partial charge in [0.25, 0.3) is 5.91 Å². The fourth-order valence-corrected chi connectivity index (χ4v) is 4.50. The third kappa shape index (κ3) is 3.62. The maximum absolute atomic E-state index is 13.2. The summed E-state index contributed by atoms with van der Waals surface area (Å²) in [5.41, 5.74) is 4.58. The molecule has 136 valence electrons. The van der Waals surface area contributed by atoms with Crippen LogP contribution >= 0.6 is 11.8 Å². The minimum Gasteiger partial charge on any atom is -0.286 e. The Morgan fingerprint density at radius 2 is 1.89 bits per heavy atom. The Bertz CT molecular complexity index is 1040. The first-order valence-electron chi connectivity index (χ1n) is 9.16. The molecule has 0 bridgehead atoms. The summed E-state index contributed by atoms with van der Waals surface area (Å²) in [4.78, 5) is 19.7. The van der Waals surface area contributed by atoms with Gasteiger partial charge in [0.2, 0.25) is 0 Å². The van der Waals surface area contributed by atoms with E-state index in [1.54, 1.807) is 11.8 Å². The summed E-state index contributed by atoms with van der Waals surface area (Å²) < 4.78 is 0. The average Bonchev–Trinajstić information content (AvgIpc) is 3.16. The summed E-state index contributed by atoms with van der Waals surface area (Å²) in [6.07, 6.45) is 0. The van der Waals surface area contributed by atoms with E-state index in [0.29, 0.717) is 13.1 Å². The van der Waals surface area contributed by atoms with E-state index in [2.05, 4.69) is 37.0 Å². The standard InChI is InChI=1S/C23H22N2OS/c1-16-10-11-17(2)19(14-16)15-27-23-24-12-13-25(23)22(26)21-9-5-7-18-6-3-4-8-20(18)21/h3-11,14H,12-13,15H2,1-2H3. The number of benzene rings is 3. The number of carbonyl (C=O) groups excluding carboxylic acids is 1. The van der Waals surface area contributed by atoms with Gasteiger partial charge in [0, 0.05) is 17.9 Å². The van der Waals surface area contributed by atoms with E-state index in [0.717, 1.165) is 27.3 Å². The predicted molar refractivity (Wildman–Crippen MR) is 114 cm³/mol. The van der Waals surface area contributed by atoms with Gasteiger partial charge in [-0.05, 0) is 41.8 Å². The number of thioether (sulfide) groups is 1. The van der Waals surface area contributed by atoms with Gasteiger partial charge in [-0.2, -0.15) is 0 Å². The highest BCUT2D eigenvalue weighted by molar-refractivity contribution is 8.13. The molecule has 0 saturated carbocycles. The molecule has 0 fully saturated rings. The van der Waals surface area contributed by atoms with Gasteiger partial charge < -0.3 is 0 Å². The van der Waals surface area contributed by atoms with Crippen molar-refractivity contribution in [2.75, 3.05) is 13.1 Å². The fourth-order valence-electron chi connectivity index (χ4n) is 3.39. The molecule has 1 heterocycles. The maximum Gasteiger partial charge on any atom is 0.260 e. The highest BCUT2D eigenvalue weighted by Crippen LogP contribution is 2.26. The van der Waals surface area contributed by atoms with E-state index in [9.17, 15) is 4.79 Å². The minimum absolute atomic E-state index is 0.0384. The summed E-state index contributed by atoms with van der Waals surface area (Å²) in [6, 6.07) is 20.4. The van der Waals surface area contributed by atoms with E-state index in [-0.39, 0.29) is 5.91 Å². The molecule has 1 aliphatic heterocycles. The van der Waals surface area contributed by atoms with Crippen molar-refractivity contribution in [2.24, 2.45) is 4.99 Å². The van der Waals surface area contributed by atoms with Crippen molar-refractivity contribution in [3.8, 4) is 0 Å². The summed E-state index contributed by atoms with van der Waals surface area (Å²) >= 11 is 1.65. The maximum atomic E-state index is 13.2. The van der Waals surface area contributed by atoms with E-state index < -0.39 is 0 Å². The van der Waals surface area contributed by atoms with Gasteiger partial charge in [-0.15, -0.1) is 0 Å². The van der Waals surface area contributed by atoms with Gasteiger partial charge in [-0.1, -0.05) is 71.9 Å². The number of hydrogen-bond acceptors (Lipinski definition) is 3. The zero-order valence-corrected chi connectivity index (χ0v) is 16.4. The molecule has 0 aliphatic carbocycles. The average molecular weight is 375 g/mol. The van der Waals surface area contributed by atoms with Crippen molar-refractivity contribution in [2.45, 2.75) is 19.6 Å². The van der Waals surface area contributed by atoms with Crippen molar-refractivity contribution < 1.29 is 4.79 Å². The molecule has 27 heavy (non-hydrogen) atoms. The lowest BCUT2D eigenvalue weighted by atomic mass is 10.0. The molecule has 3 nitrogen and oxygen atoms in total. The van der Waals surface area contributed by atoms with Crippen LogP contribution in [0.25, 0.3) is 10.8 Å². The predicted octanol–water partition coefficient (Wildman–Crippen LogP) is 5.20. The number of carbonyl (C=O) groups is 1. The molecule has 4 rings (SSSR count). The van der Waals surface area contributed by atoms with Crippen LogP contribution in [-0.2, 0) is 5.75 Å². The Morgan fingerprint density at radius 3 is 2.78 bits per heavy atom. The molecule has 4 heteroatoms. The zero-order valence-electron chi connectivity index (χ0n) is 15.6. The summed E-state index contributed by atoms with van der Waals surface area (Å²) in [6.45, 7) is 5.56. The molecule has 0 radical (unpaired) electrons. The second kappa shape index (κ2) is 7.57. The van der Waals surface area contributed by atoms with Crippen LogP contribution in [0.5, 0.6) is 0 Å². The molecule has 0 atom stereocenters. The second-order valence-electron chi connectivity index (χ2n) is 6.87. The third-order valence-corrected chi connectivity index (χ3v) is 5.99. The zero-order chi connectivity index (χ0) is 18.8. The van der Waals surface area contributed by atoms with E-state index >= 15 is 0 Å². The first-order chi connectivity index (χ1) is 13.1. The Labute approximate surface area is 164 Å². The van der Waals surface area contributed by atoms with Crippen molar-refractivity contribution in [3.63, 3.8) is 0 Å². The topological polar surface area (TPSA) is 32.7 Å². The number of amidine groups is 1. The molecule has 0 saturated heterocycles. The van der Waals surface area contributed by atoms with Gasteiger partial charge in [0.1, 0.15) is 0 Å². The summed E-state index contributed by atoms with van der Waals surface area (Å²) in [5, 5.41) is 2.91. The minimum atomic E-state index is 0.0384. The van der Waals surface area contributed by atoms with Crippen LogP contribution in [0.3, 0.4) is 0 Å². The largest absolute Gasteiger partial charge is 0.286 e. The van der Waals surface area contributed by atoms with Gasteiger partial charge in [0.15, 0.2) is 5.17 Å². The van der Waals surface area contributed by atoms with Crippen LogP contribution < -0.4 is 0 Å². The van der Waals surface area contributed by atoms with E-state index in [4.69, 9.17) is 0 Å². The van der Waals surface area contributed by atoms with Crippen molar-refractivity contribution in [1.82, 2.24) is 4.90 Å². The van der Waals surface area contributed by atoms with Crippen LogP contribution in [0, 0.1) is 13.8 Å². The van der Waals surface area contributed by atoms with Crippen LogP contribution in [0.4, 0.5) is 0 Å². The number of hydrogen-bond donors (Lipinski definition) is 0. The number of amides is 1. The highest BCUT2D eigenvalue weighted by atomic mass is 32.2. The Balaban J connectivity index is 1.56. The lowest BCUT2D eigenvalue weighted by Crippen LogP contribution is -2.33. The second-order valence-corrected chi connectivity index (χ2v) is 7.81. The number of nitrogens with zero attached hydrogens (tertiary/aromatic N) is 2. The van der Waals surface area contributed by atoms with Crippen molar-refractivity contribution >= 4 is 33.6 Å². The monoisotopic (exact) mass is 374 g/mol. The van der Waals surface area contributed by atoms with Gasteiger partial charge in [-0.25, -0.2) is 0 Å².